The summed E-state index contributed by atoms with van der Waals surface area (Å²) in [5.74, 6) is 3.23. The van der Waals surface area contributed by atoms with Gasteiger partial charge >= 0.3 is 0 Å². The molecule has 0 N–H and O–H groups in total. The third kappa shape index (κ3) is 3.01. The van der Waals surface area contributed by atoms with Gasteiger partial charge in [0.1, 0.15) is 11.9 Å². The molecule has 2 fully saturated rings. The highest BCUT2D eigenvalue weighted by molar-refractivity contribution is 7.99. The minimum Gasteiger partial charge on any atom is -0.490 e. The van der Waals surface area contributed by atoms with Gasteiger partial charge in [0.2, 0.25) is 0 Å². The summed E-state index contributed by atoms with van der Waals surface area (Å²) in [6, 6.07) is 7.45. The van der Waals surface area contributed by atoms with E-state index in [9.17, 15) is 4.79 Å². The summed E-state index contributed by atoms with van der Waals surface area (Å²) < 4.78 is 12.1. The maximum absolute atomic E-state index is 11.3. The first kappa shape index (κ1) is 14.0. The zero-order valence-electron chi connectivity index (χ0n) is 11.8. The fraction of sp³-hybridized carbons (Fsp3) is 0.562. The Balaban J connectivity index is 1.63. The molecule has 2 aliphatic heterocycles. The third-order valence-electron chi connectivity index (χ3n) is 4.08. The molecule has 4 heteroatoms. The number of carbonyl (C=O) groups is 1. The number of Topliss-reactive ketones (excluding diaryl/α,β-unsaturated/α-hetero) is 1. The summed E-state index contributed by atoms with van der Waals surface area (Å²) in [6.45, 7) is 2.37. The molecular formula is C16H20O3S. The van der Waals surface area contributed by atoms with E-state index in [1.165, 1.54) is 5.75 Å². The second kappa shape index (κ2) is 5.78. The minimum atomic E-state index is 0.0485. The van der Waals surface area contributed by atoms with Crippen molar-refractivity contribution in [3.63, 3.8) is 0 Å². The van der Waals surface area contributed by atoms with E-state index in [0.29, 0.717) is 0 Å². The molecule has 3 rings (SSSR count). The summed E-state index contributed by atoms with van der Waals surface area (Å²) in [5.41, 5.74) is 0.778. The Labute approximate surface area is 124 Å². The van der Waals surface area contributed by atoms with Gasteiger partial charge in [0.25, 0.3) is 0 Å². The van der Waals surface area contributed by atoms with Crippen molar-refractivity contribution in [1.82, 2.24) is 0 Å². The predicted molar refractivity (Wildman–Crippen MR) is 80.7 cm³/mol. The van der Waals surface area contributed by atoms with Gasteiger partial charge in [-0.2, -0.15) is 11.8 Å². The first-order chi connectivity index (χ1) is 9.67. The van der Waals surface area contributed by atoms with Crippen LogP contribution in [0.1, 0.15) is 36.5 Å². The Morgan fingerprint density at radius 3 is 2.85 bits per heavy atom. The number of carbonyl (C=O) groups excluding carboxylic acids is 1. The second-order valence-electron chi connectivity index (χ2n) is 5.65. The normalized spacial score (nSPS) is 29.6. The van der Waals surface area contributed by atoms with Crippen molar-refractivity contribution in [1.29, 1.82) is 0 Å². The number of ether oxygens (including phenoxy) is 2. The molecule has 1 spiro atoms. The van der Waals surface area contributed by atoms with Crippen molar-refractivity contribution in [2.45, 2.75) is 37.9 Å². The van der Waals surface area contributed by atoms with Gasteiger partial charge in [-0.05, 0) is 43.4 Å². The molecule has 2 heterocycles. The topological polar surface area (TPSA) is 35.5 Å². The lowest BCUT2D eigenvalue weighted by molar-refractivity contribution is -0.0958. The molecule has 0 aliphatic carbocycles. The van der Waals surface area contributed by atoms with E-state index < -0.39 is 0 Å². The fourth-order valence-electron chi connectivity index (χ4n) is 2.91. The summed E-state index contributed by atoms with van der Waals surface area (Å²) >= 11 is 1.97. The average Bonchev–Trinajstić information content (AvgIpc) is 2.87. The Kier molecular flexibility index (Phi) is 4.03. The van der Waals surface area contributed by atoms with Crippen molar-refractivity contribution >= 4 is 17.5 Å². The fourth-order valence-corrected chi connectivity index (χ4v) is 4.29. The van der Waals surface area contributed by atoms with Crippen LogP contribution in [0.5, 0.6) is 5.75 Å². The molecule has 0 amide bonds. The van der Waals surface area contributed by atoms with Crippen LogP contribution in [-0.2, 0) is 4.74 Å². The molecule has 2 saturated heterocycles. The van der Waals surface area contributed by atoms with E-state index in [0.717, 1.165) is 42.9 Å². The Hall–Kier alpha value is -1.00. The number of benzene rings is 1. The summed E-state index contributed by atoms with van der Waals surface area (Å²) in [7, 11) is 0. The smallest absolute Gasteiger partial charge is 0.159 e. The van der Waals surface area contributed by atoms with Gasteiger partial charge < -0.3 is 9.47 Å². The predicted octanol–water partition coefficient (Wildman–Crippen LogP) is 3.32. The van der Waals surface area contributed by atoms with Gasteiger partial charge in [0.15, 0.2) is 5.78 Å². The van der Waals surface area contributed by atoms with Crippen LogP contribution in [0.3, 0.4) is 0 Å². The minimum absolute atomic E-state index is 0.0485. The SMILES string of the molecule is CC(=O)c1ccc(OC2CCOC3(CCSC3)C2)cc1. The molecule has 0 bridgehead atoms. The van der Waals surface area contributed by atoms with Crippen LogP contribution in [0, 0.1) is 0 Å². The molecule has 0 saturated carbocycles. The zero-order valence-corrected chi connectivity index (χ0v) is 12.6. The van der Waals surface area contributed by atoms with E-state index in [1.807, 2.05) is 36.0 Å². The highest BCUT2D eigenvalue weighted by Gasteiger charge is 2.41. The number of hydrogen-bond donors (Lipinski definition) is 0. The number of hydrogen-bond acceptors (Lipinski definition) is 4. The molecule has 2 unspecified atom stereocenters. The second-order valence-corrected chi connectivity index (χ2v) is 6.75. The van der Waals surface area contributed by atoms with Gasteiger partial charge in [-0.1, -0.05) is 0 Å². The van der Waals surface area contributed by atoms with Crippen LogP contribution in [0.4, 0.5) is 0 Å². The van der Waals surface area contributed by atoms with Gasteiger partial charge in [-0.25, -0.2) is 0 Å². The van der Waals surface area contributed by atoms with Crippen molar-refractivity contribution in [2.24, 2.45) is 0 Å². The highest BCUT2D eigenvalue weighted by Crippen LogP contribution is 2.39. The average molecular weight is 292 g/mol. The summed E-state index contributed by atoms with van der Waals surface area (Å²) in [4.78, 5) is 11.3. The number of thioether (sulfide) groups is 1. The van der Waals surface area contributed by atoms with Crippen LogP contribution in [0.15, 0.2) is 24.3 Å². The number of rotatable bonds is 3. The Morgan fingerprint density at radius 2 is 2.20 bits per heavy atom. The van der Waals surface area contributed by atoms with Gasteiger partial charge in [0.05, 0.1) is 12.2 Å². The van der Waals surface area contributed by atoms with Crippen molar-refractivity contribution in [3.8, 4) is 5.75 Å². The summed E-state index contributed by atoms with van der Waals surface area (Å²) in [6.07, 6.45) is 3.29. The maximum atomic E-state index is 11.3. The van der Waals surface area contributed by atoms with Gasteiger partial charge in [0, 0.05) is 24.2 Å². The lowest BCUT2D eigenvalue weighted by Gasteiger charge is -2.37. The molecule has 1 aromatic carbocycles. The zero-order chi connectivity index (χ0) is 14.0. The molecule has 0 aromatic heterocycles. The highest BCUT2D eigenvalue weighted by atomic mass is 32.2. The van der Waals surface area contributed by atoms with E-state index in [1.54, 1.807) is 6.92 Å². The standard InChI is InChI=1S/C16H20O3S/c1-12(17)13-2-4-14(5-3-13)19-15-6-8-18-16(10-15)7-9-20-11-16/h2-5,15H,6-11H2,1H3. The van der Waals surface area contributed by atoms with Crippen LogP contribution >= 0.6 is 11.8 Å². The first-order valence-electron chi connectivity index (χ1n) is 7.16. The van der Waals surface area contributed by atoms with Crippen molar-refractivity contribution in [2.75, 3.05) is 18.1 Å². The summed E-state index contributed by atoms with van der Waals surface area (Å²) in [5, 5.41) is 0. The van der Waals surface area contributed by atoms with E-state index in [2.05, 4.69) is 0 Å². The first-order valence-corrected chi connectivity index (χ1v) is 8.32. The molecular weight excluding hydrogens is 272 g/mol. The van der Waals surface area contributed by atoms with Gasteiger partial charge in [-0.15, -0.1) is 0 Å². The monoisotopic (exact) mass is 292 g/mol. The molecule has 108 valence electrons. The van der Waals surface area contributed by atoms with E-state index >= 15 is 0 Å². The van der Waals surface area contributed by atoms with Crippen LogP contribution in [0.2, 0.25) is 0 Å². The maximum Gasteiger partial charge on any atom is 0.159 e. The van der Waals surface area contributed by atoms with Crippen LogP contribution in [-0.4, -0.2) is 35.6 Å². The quantitative estimate of drug-likeness (QED) is 0.801. The Morgan fingerprint density at radius 1 is 1.40 bits per heavy atom. The molecule has 1 aromatic rings. The van der Waals surface area contributed by atoms with E-state index in [4.69, 9.17) is 9.47 Å². The molecule has 2 aliphatic rings. The van der Waals surface area contributed by atoms with Gasteiger partial charge in [-0.3, -0.25) is 4.79 Å². The lowest BCUT2D eigenvalue weighted by atomic mass is 9.91. The Bertz CT molecular complexity index is 477. The largest absolute Gasteiger partial charge is 0.490 e. The lowest BCUT2D eigenvalue weighted by Crippen LogP contribution is -2.43. The molecule has 2 atom stereocenters. The molecule has 3 nitrogen and oxygen atoms in total. The van der Waals surface area contributed by atoms with Crippen molar-refractivity contribution < 1.29 is 14.3 Å². The van der Waals surface area contributed by atoms with Crippen LogP contribution < -0.4 is 4.74 Å². The van der Waals surface area contributed by atoms with Crippen molar-refractivity contribution in [3.05, 3.63) is 29.8 Å². The third-order valence-corrected chi connectivity index (χ3v) is 5.30. The van der Waals surface area contributed by atoms with Crippen LogP contribution in [0.25, 0.3) is 0 Å². The molecule has 0 radical (unpaired) electrons. The van der Waals surface area contributed by atoms with E-state index in [-0.39, 0.29) is 17.5 Å². The number of ketones is 1. The molecule has 20 heavy (non-hydrogen) atoms.